The molecule has 1 saturated heterocycles. The Hall–Kier alpha value is -1.89. The first-order valence-corrected chi connectivity index (χ1v) is 11.6. The Bertz CT molecular complexity index is 931. The average molecular weight is 463 g/mol. The van der Waals surface area contributed by atoms with Gasteiger partial charge in [0.1, 0.15) is 5.76 Å². The molecule has 6 nitrogen and oxygen atoms in total. The molecule has 0 radical (unpaired) electrons. The van der Waals surface area contributed by atoms with Crippen LogP contribution in [0.5, 0.6) is 0 Å². The van der Waals surface area contributed by atoms with Crippen LogP contribution in [0.4, 0.5) is 5.69 Å². The number of halogens is 2. The first-order valence-electron chi connectivity index (χ1n) is 10.9. The van der Waals surface area contributed by atoms with Crippen LogP contribution in [0.2, 0.25) is 10.0 Å². The smallest absolute Gasteiger partial charge is 0.253 e. The van der Waals surface area contributed by atoms with Crippen molar-refractivity contribution in [2.75, 3.05) is 37.6 Å². The van der Waals surface area contributed by atoms with Gasteiger partial charge in [-0.3, -0.25) is 9.69 Å². The summed E-state index contributed by atoms with van der Waals surface area (Å²) in [6, 6.07) is 7.59. The molecule has 1 amide bonds. The maximum atomic E-state index is 11.9. The molecule has 0 atom stereocenters. The van der Waals surface area contributed by atoms with E-state index in [2.05, 4.69) is 19.9 Å². The minimum absolute atomic E-state index is 0.169. The largest absolute Gasteiger partial charge is 0.368 e. The third kappa shape index (κ3) is 5.88. The summed E-state index contributed by atoms with van der Waals surface area (Å²) in [7, 11) is 0. The first kappa shape index (κ1) is 22.3. The van der Waals surface area contributed by atoms with Crippen LogP contribution in [0.15, 0.2) is 33.8 Å². The Morgan fingerprint density at radius 2 is 2.03 bits per heavy atom. The summed E-state index contributed by atoms with van der Waals surface area (Å²) in [6.45, 7) is 6.96. The quantitative estimate of drug-likeness (QED) is 0.559. The molecule has 2 aliphatic rings. The second-order valence-corrected chi connectivity index (χ2v) is 9.36. The Balaban J connectivity index is 1.12. The summed E-state index contributed by atoms with van der Waals surface area (Å²) >= 11 is 12.5. The number of anilines is 1. The highest BCUT2D eigenvalue weighted by molar-refractivity contribution is 6.43. The highest BCUT2D eigenvalue weighted by Gasteiger charge is 2.29. The summed E-state index contributed by atoms with van der Waals surface area (Å²) in [5, 5.41) is 5.05. The van der Waals surface area contributed by atoms with Crippen molar-refractivity contribution in [3.8, 4) is 0 Å². The number of hydrogen-bond acceptors (Lipinski definition) is 5. The van der Waals surface area contributed by atoms with Crippen LogP contribution in [0.1, 0.15) is 30.7 Å². The number of piperazine rings is 1. The van der Waals surface area contributed by atoms with Gasteiger partial charge in [0.2, 0.25) is 0 Å². The normalized spacial score (nSPS) is 22.1. The zero-order valence-corrected chi connectivity index (χ0v) is 19.3. The molecule has 0 unspecified atom stereocenters. The highest BCUT2D eigenvalue weighted by atomic mass is 35.5. The van der Waals surface area contributed by atoms with Gasteiger partial charge in [0.15, 0.2) is 0 Å². The predicted octanol–water partition coefficient (Wildman–Crippen LogP) is 4.67. The molecule has 4 rings (SSSR count). The summed E-state index contributed by atoms with van der Waals surface area (Å²) in [5.41, 5.74) is 1.81. The van der Waals surface area contributed by atoms with Crippen molar-refractivity contribution in [2.24, 2.45) is 16.8 Å². The van der Waals surface area contributed by atoms with Crippen LogP contribution >= 0.6 is 23.2 Å². The van der Waals surface area contributed by atoms with Gasteiger partial charge in [-0.2, -0.15) is 0 Å². The number of carbonyl (C=O) groups excluding carboxylic acids is 1. The third-order valence-electron chi connectivity index (χ3n) is 6.20. The lowest BCUT2D eigenvalue weighted by molar-refractivity contribution is -0.117. The van der Waals surface area contributed by atoms with E-state index in [9.17, 15) is 4.79 Å². The Morgan fingerprint density at radius 1 is 1.26 bits per heavy atom. The minimum Gasteiger partial charge on any atom is -0.368 e. The van der Waals surface area contributed by atoms with Gasteiger partial charge < -0.3 is 9.42 Å². The first-order chi connectivity index (χ1) is 15.0. The highest BCUT2D eigenvalue weighted by Crippen LogP contribution is 2.36. The van der Waals surface area contributed by atoms with E-state index in [0.717, 1.165) is 62.9 Å². The molecule has 2 heterocycles. The molecule has 1 aromatic heterocycles. The standard InChI is InChI=1S/C23H28Cl2N4O2/c1-16-11-19(31-27-16)14-22(30)26-15-18-12-17(13-18)5-6-28-7-9-29(10-8-28)21-4-2-3-20(24)23(21)25/h2-4,11,15,17-18H,5-10,12-14H2,1H3. The van der Waals surface area contributed by atoms with Crippen molar-refractivity contribution < 1.29 is 9.32 Å². The fraction of sp³-hybridized carbons (Fsp3) is 0.522. The van der Waals surface area contributed by atoms with Crippen LogP contribution in [-0.4, -0.2) is 54.9 Å². The Kier molecular flexibility index (Phi) is 7.31. The average Bonchev–Trinajstić information content (AvgIpc) is 3.13. The fourth-order valence-electron chi connectivity index (χ4n) is 4.34. The molecule has 8 heteroatoms. The number of amides is 1. The number of aromatic nitrogens is 1. The van der Waals surface area contributed by atoms with Crippen molar-refractivity contribution in [3.05, 3.63) is 45.8 Å². The summed E-state index contributed by atoms with van der Waals surface area (Å²) in [5.74, 6) is 1.55. The lowest BCUT2D eigenvalue weighted by atomic mass is 9.74. The van der Waals surface area contributed by atoms with Crippen molar-refractivity contribution in [1.29, 1.82) is 0 Å². The zero-order chi connectivity index (χ0) is 21.8. The van der Waals surface area contributed by atoms with Crippen LogP contribution in [0, 0.1) is 18.8 Å². The molecular formula is C23H28Cl2N4O2. The van der Waals surface area contributed by atoms with Crippen LogP contribution in [0.3, 0.4) is 0 Å². The molecule has 31 heavy (non-hydrogen) atoms. The number of rotatable bonds is 7. The molecule has 1 aromatic carbocycles. The van der Waals surface area contributed by atoms with Crippen molar-refractivity contribution >= 4 is 41.0 Å². The SMILES string of the molecule is Cc1cc(CC(=O)N=CC2CC(CCN3CCN(c4cccc(Cl)c4Cl)CC3)C2)on1. The van der Waals surface area contributed by atoms with Crippen LogP contribution in [0.25, 0.3) is 0 Å². The second-order valence-electron chi connectivity index (χ2n) is 8.57. The molecule has 1 saturated carbocycles. The minimum atomic E-state index is -0.169. The molecule has 0 N–H and O–H groups in total. The van der Waals surface area contributed by atoms with Gasteiger partial charge in [0.25, 0.3) is 5.91 Å². The van der Waals surface area contributed by atoms with E-state index in [-0.39, 0.29) is 12.3 Å². The maximum Gasteiger partial charge on any atom is 0.253 e. The van der Waals surface area contributed by atoms with Gasteiger partial charge in [-0.15, -0.1) is 0 Å². The number of aliphatic imine (C=N–C) groups is 1. The molecule has 1 aliphatic heterocycles. The number of benzene rings is 1. The van der Waals surface area contributed by atoms with E-state index in [1.165, 1.54) is 6.42 Å². The number of carbonyl (C=O) groups is 1. The molecule has 2 fully saturated rings. The fourth-order valence-corrected chi connectivity index (χ4v) is 4.76. The predicted molar refractivity (Wildman–Crippen MR) is 124 cm³/mol. The molecular weight excluding hydrogens is 435 g/mol. The van der Waals surface area contributed by atoms with Gasteiger partial charge in [0, 0.05) is 38.5 Å². The lowest BCUT2D eigenvalue weighted by Gasteiger charge is -2.39. The van der Waals surface area contributed by atoms with E-state index in [0.29, 0.717) is 21.7 Å². The van der Waals surface area contributed by atoms with E-state index in [4.69, 9.17) is 27.7 Å². The maximum absolute atomic E-state index is 11.9. The summed E-state index contributed by atoms with van der Waals surface area (Å²) in [6.07, 6.45) is 5.45. The van der Waals surface area contributed by atoms with E-state index >= 15 is 0 Å². The number of hydrogen-bond donors (Lipinski definition) is 0. The molecule has 166 valence electrons. The van der Waals surface area contributed by atoms with Crippen molar-refractivity contribution in [2.45, 2.75) is 32.6 Å². The molecule has 0 spiro atoms. The van der Waals surface area contributed by atoms with Crippen molar-refractivity contribution in [1.82, 2.24) is 10.1 Å². The van der Waals surface area contributed by atoms with Crippen LogP contribution < -0.4 is 4.90 Å². The second kappa shape index (κ2) is 10.2. The molecule has 1 aliphatic carbocycles. The molecule has 2 aromatic rings. The Morgan fingerprint density at radius 3 is 2.74 bits per heavy atom. The third-order valence-corrected chi connectivity index (χ3v) is 7.01. The number of aryl methyl sites for hydroxylation is 1. The monoisotopic (exact) mass is 462 g/mol. The molecule has 0 bridgehead atoms. The topological polar surface area (TPSA) is 61.9 Å². The van der Waals surface area contributed by atoms with E-state index in [1.54, 1.807) is 6.07 Å². The van der Waals surface area contributed by atoms with E-state index in [1.807, 2.05) is 31.3 Å². The Labute approximate surface area is 193 Å². The number of nitrogens with zero attached hydrogens (tertiary/aromatic N) is 4. The zero-order valence-electron chi connectivity index (χ0n) is 17.8. The lowest BCUT2D eigenvalue weighted by Crippen LogP contribution is -2.47. The summed E-state index contributed by atoms with van der Waals surface area (Å²) < 4.78 is 5.07. The van der Waals surface area contributed by atoms with Crippen LogP contribution in [-0.2, 0) is 11.2 Å². The van der Waals surface area contributed by atoms with Crippen molar-refractivity contribution in [3.63, 3.8) is 0 Å². The van der Waals surface area contributed by atoms with E-state index < -0.39 is 0 Å². The van der Waals surface area contributed by atoms with Gasteiger partial charge in [-0.05, 0) is 56.7 Å². The van der Waals surface area contributed by atoms with Gasteiger partial charge in [-0.25, -0.2) is 4.99 Å². The van der Waals surface area contributed by atoms with Gasteiger partial charge in [0.05, 0.1) is 27.8 Å². The summed E-state index contributed by atoms with van der Waals surface area (Å²) in [4.78, 5) is 20.9. The van der Waals surface area contributed by atoms with Gasteiger partial charge >= 0.3 is 0 Å². The van der Waals surface area contributed by atoms with Gasteiger partial charge in [-0.1, -0.05) is 34.4 Å².